The zero-order valence-electron chi connectivity index (χ0n) is 9.02. The second kappa shape index (κ2) is 8.59. The molecule has 82 valence electrons. The highest BCUT2D eigenvalue weighted by molar-refractivity contribution is 5.87. The van der Waals surface area contributed by atoms with Crippen LogP contribution < -0.4 is 0 Å². The molecule has 0 amide bonds. The van der Waals surface area contributed by atoms with E-state index in [4.69, 9.17) is 10.2 Å². The van der Waals surface area contributed by atoms with Gasteiger partial charge in [0.1, 0.15) is 6.10 Å². The number of Topliss-reactive ketones (excluding diaryl/α,β-unsaturated/α-hetero) is 1. The summed E-state index contributed by atoms with van der Waals surface area (Å²) in [5.74, 6) is -0.221. The Labute approximate surface area is 84.3 Å². The zero-order chi connectivity index (χ0) is 11.7. The summed E-state index contributed by atoms with van der Waals surface area (Å²) in [7, 11) is 0. The number of aliphatic hydroxyl groups excluding tert-OH is 2. The number of carbonyl (C=O) groups excluding carboxylic acids is 2. The predicted molar refractivity (Wildman–Crippen MR) is 53.9 cm³/mol. The average molecular weight is 202 g/mol. The molecule has 0 spiro atoms. The molecule has 2 unspecified atom stereocenters. The van der Waals surface area contributed by atoms with Crippen LogP contribution in [0.4, 0.5) is 0 Å². The number of aliphatic hydroxyl groups is 2. The third-order valence-electron chi connectivity index (χ3n) is 1.20. The zero-order valence-corrected chi connectivity index (χ0v) is 9.02. The van der Waals surface area contributed by atoms with Crippen LogP contribution in [0.25, 0.3) is 0 Å². The van der Waals surface area contributed by atoms with Gasteiger partial charge in [0.05, 0.1) is 6.10 Å². The monoisotopic (exact) mass is 202 g/mol. The van der Waals surface area contributed by atoms with E-state index in [-0.39, 0.29) is 11.6 Å². The van der Waals surface area contributed by atoms with E-state index in [0.717, 1.165) is 0 Å². The minimum absolute atomic E-state index is 0.0362. The maximum absolute atomic E-state index is 10.2. The van der Waals surface area contributed by atoms with Gasteiger partial charge in [0.25, 0.3) is 0 Å². The Balaban J connectivity index is 0. The predicted octanol–water partition coefficient (Wildman–Crippen LogP) is 0.469. The Morgan fingerprint density at radius 3 is 1.57 bits per heavy atom. The molecule has 2 N–H and O–H groups in total. The molecular formula is C10H18O4. The highest BCUT2D eigenvalue weighted by Gasteiger charge is 1.97. The Morgan fingerprint density at radius 2 is 1.50 bits per heavy atom. The molecule has 0 heterocycles. The second-order valence-corrected chi connectivity index (χ2v) is 3.00. The van der Waals surface area contributed by atoms with Gasteiger partial charge in [-0.1, -0.05) is 6.08 Å². The van der Waals surface area contributed by atoms with Crippen LogP contribution in [0, 0.1) is 0 Å². The van der Waals surface area contributed by atoms with Gasteiger partial charge in [0.2, 0.25) is 0 Å². The molecule has 0 aliphatic rings. The maximum atomic E-state index is 10.2. The van der Waals surface area contributed by atoms with Crippen molar-refractivity contribution in [2.45, 2.75) is 39.9 Å². The standard InChI is InChI=1S/C6H10O2.C4H8O2/c1-5(7)3-4-6(2)8;1-3(5)4(2)6/h3-5,7H,1-2H3;3,5H,1-2H3. The molecule has 14 heavy (non-hydrogen) atoms. The number of hydrogen-bond acceptors (Lipinski definition) is 4. The third-order valence-corrected chi connectivity index (χ3v) is 1.20. The fraction of sp³-hybridized carbons (Fsp3) is 0.600. The molecule has 4 heteroatoms. The summed E-state index contributed by atoms with van der Waals surface area (Å²) in [5, 5.41) is 16.8. The lowest BCUT2D eigenvalue weighted by Crippen LogP contribution is -2.10. The molecule has 4 nitrogen and oxygen atoms in total. The molecule has 0 saturated heterocycles. The smallest absolute Gasteiger partial charge is 0.157 e. The summed E-state index contributed by atoms with van der Waals surface area (Å²) in [6.07, 6.45) is 1.50. The molecule has 0 saturated carbocycles. The van der Waals surface area contributed by atoms with Crippen molar-refractivity contribution < 1.29 is 19.8 Å². The van der Waals surface area contributed by atoms with E-state index in [2.05, 4.69) is 0 Å². The molecule has 0 rings (SSSR count). The van der Waals surface area contributed by atoms with Gasteiger partial charge >= 0.3 is 0 Å². The normalized spacial score (nSPS) is 14.1. The number of rotatable bonds is 3. The molecule has 0 aromatic heterocycles. The lowest BCUT2D eigenvalue weighted by Gasteiger charge is -1.90. The summed E-state index contributed by atoms with van der Waals surface area (Å²) in [5.41, 5.74) is 0. The summed E-state index contributed by atoms with van der Waals surface area (Å²) in [6, 6.07) is 0. The Morgan fingerprint density at radius 1 is 1.14 bits per heavy atom. The van der Waals surface area contributed by atoms with E-state index in [0.29, 0.717) is 0 Å². The summed E-state index contributed by atoms with van der Waals surface area (Å²) >= 11 is 0. The van der Waals surface area contributed by atoms with Crippen LogP contribution >= 0.6 is 0 Å². The van der Waals surface area contributed by atoms with E-state index >= 15 is 0 Å². The van der Waals surface area contributed by atoms with Gasteiger partial charge < -0.3 is 10.2 Å². The SMILES string of the molecule is CC(=O)C(C)O.CC(=O)C=CC(C)O. The average Bonchev–Trinajstić information content (AvgIpc) is 2.01. The van der Waals surface area contributed by atoms with Crippen molar-refractivity contribution in [2.24, 2.45) is 0 Å². The first kappa shape index (κ1) is 15.5. The lowest BCUT2D eigenvalue weighted by molar-refractivity contribution is -0.124. The third kappa shape index (κ3) is 17.2. The number of carbonyl (C=O) groups is 2. The van der Waals surface area contributed by atoms with E-state index in [1.807, 2.05) is 0 Å². The molecule has 0 aromatic carbocycles. The van der Waals surface area contributed by atoms with E-state index < -0.39 is 12.2 Å². The van der Waals surface area contributed by atoms with Crippen LogP contribution in [0.15, 0.2) is 12.2 Å². The van der Waals surface area contributed by atoms with Crippen molar-refractivity contribution in [3.8, 4) is 0 Å². The van der Waals surface area contributed by atoms with E-state index in [1.54, 1.807) is 6.92 Å². The highest BCUT2D eigenvalue weighted by Crippen LogP contribution is 1.82. The van der Waals surface area contributed by atoms with Gasteiger partial charge in [0.15, 0.2) is 11.6 Å². The first-order chi connectivity index (χ1) is 6.27. The van der Waals surface area contributed by atoms with Crippen LogP contribution in [0.1, 0.15) is 27.7 Å². The highest BCUT2D eigenvalue weighted by atomic mass is 16.3. The van der Waals surface area contributed by atoms with Gasteiger partial charge in [-0.25, -0.2) is 0 Å². The minimum atomic E-state index is -0.787. The number of hydrogen-bond donors (Lipinski definition) is 2. The molecular weight excluding hydrogens is 184 g/mol. The van der Waals surface area contributed by atoms with Crippen LogP contribution in [-0.4, -0.2) is 34.0 Å². The van der Waals surface area contributed by atoms with Crippen LogP contribution in [0.3, 0.4) is 0 Å². The van der Waals surface area contributed by atoms with Crippen LogP contribution in [0.2, 0.25) is 0 Å². The molecule has 0 bridgehead atoms. The second-order valence-electron chi connectivity index (χ2n) is 3.00. The van der Waals surface area contributed by atoms with Crippen molar-refractivity contribution in [3.05, 3.63) is 12.2 Å². The van der Waals surface area contributed by atoms with Gasteiger partial charge in [-0.05, 0) is 33.8 Å². The number of allylic oxidation sites excluding steroid dienone is 1. The number of ketones is 2. The van der Waals surface area contributed by atoms with Gasteiger partial charge in [-0.2, -0.15) is 0 Å². The Bertz CT molecular complexity index is 204. The van der Waals surface area contributed by atoms with Crippen molar-refractivity contribution in [2.75, 3.05) is 0 Å². The molecule has 0 fully saturated rings. The first-order valence-electron chi connectivity index (χ1n) is 4.32. The van der Waals surface area contributed by atoms with E-state index in [1.165, 1.54) is 32.9 Å². The quantitative estimate of drug-likeness (QED) is 0.652. The summed E-state index contributed by atoms with van der Waals surface area (Å²) in [6.45, 7) is 5.84. The van der Waals surface area contributed by atoms with Gasteiger partial charge in [-0.3, -0.25) is 9.59 Å². The molecule has 0 radical (unpaired) electrons. The molecule has 0 aromatic rings. The minimum Gasteiger partial charge on any atom is -0.389 e. The van der Waals surface area contributed by atoms with Crippen molar-refractivity contribution in [1.82, 2.24) is 0 Å². The van der Waals surface area contributed by atoms with Crippen molar-refractivity contribution in [3.63, 3.8) is 0 Å². The van der Waals surface area contributed by atoms with Crippen LogP contribution in [0.5, 0.6) is 0 Å². The molecule has 0 aliphatic carbocycles. The van der Waals surface area contributed by atoms with Gasteiger partial charge in [-0.15, -0.1) is 0 Å². The maximum Gasteiger partial charge on any atom is 0.157 e. The topological polar surface area (TPSA) is 74.6 Å². The fourth-order valence-corrected chi connectivity index (χ4v) is 0.275. The van der Waals surface area contributed by atoms with Crippen molar-refractivity contribution in [1.29, 1.82) is 0 Å². The molecule has 0 aliphatic heterocycles. The Kier molecular flexibility index (Phi) is 9.49. The van der Waals surface area contributed by atoms with E-state index in [9.17, 15) is 9.59 Å². The summed E-state index contributed by atoms with van der Waals surface area (Å²) in [4.78, 5) is 20.0. The Hall–Kier alpha value is -1.00. The first-order valence-corrected chi connectivity index (χ1v) is 4.32. The van der Waals surface area contributed by atoms with Gasteiger partial charge in [0, 0.05) is 0 Å². The van der Waals surface area contributed by atoms with Crippen molar-refractivity contribution >= 4 is 11.6 Å². The van der Waals surface area contributed by atoms with Crippen LogP contribution in [-0.2, 0) is 9.59 Å². The largest absolute Gasteiger partial charge is 0.389 e. The fourth-order valence-electron chi connectivity index (χ4n) is 0.275. The molecule has 2 atom stereocenters. The summed E-state index contributed by atoms with van der Waals surface area (Å²) < 4.78 is 0. The lowest BCUT2D eigenvalue weighted by atomic mass is 10.3.